The highest BCUT2D eigenvalue weighted by Gasteiger charge is 2.15. The molecule has 0 aliphatic heterocycles. The second-order valence-electron chi connectivity index (χ2n) is 7.53. The molecule has 3 aromatic heterocycles. The van der Waals surface area contributed by atoms with Gasteiger partial charge in [-0.3, -0.25) is 4.79 Å². The summed E-state index contributed by atoms with van der Waals surface area (Å²) in [6.07, 6.45) is 1.85. The zero-order chi connectivity index (χ0) is 22.7. The molecule has 11 nitrogen and oxygen atoms in total. The number of aromatic nitrogens is 5. The Balaban J connectivity index is 1.43. The van der Waals surface area contributed by atoms with Crippen molar-refractivity contribution in [3.8, 4) is 23.3 Å². The van der Waals surface area contributed by atoms with Gasteiger partial charge in [0, 0.05) is 20.1 Å². The van der Waals surface area contributed by atoms with E-state index in [0.29, 0.717) is 30.3 Å². The van der Waals surface area contributed by atoms with Gasteiger partial charge in [0.15, 0.2) is 5.76 Å². The lowest BCUT2D eigenvalue weighted by molar-refractivity contribution is -0.129. The van der Waals surface area contributed by atoms with Crippen molar-refractivity contribution in [2.24, 2.45) is 0 Å². The smallest absolute Gasteiger partial charge is 0.328 e. The Morgan fingerprint density at radius 2 is 1.88 bits per heavy atom. The van der Waals surface area contributed by atoms with Crippen LogP contribution in [0.2, 0.25) is 0 Å². The molecule has 0 aliphatic rings. The largest absolute Gasteiger partial charge is 0.461 e. The van der Waals surface area contributed by atoms with Gasteiger partial charge in [-0.15, -0.1) is 5.10 Å². The van der Waals surface area contributed by atoms with Crippen LogP contribution in [0, 0.1) is 0 Å². The zero-order valence-electron chi connectivity index (χ0n) is 18.1. The maximum Gasteiger partial charge on any atom is 0.328 e. The number of carbonyl (C=O) groups is 1. The summed E-state index contributed by atoms with van der Waals surface area (Å²) in [6.45, 7) is 1.50. The highest BCUT2D eigenvalue weighted by Crippen LogP contribution is 2.22. The lowest BCUT2D eigenvalue weighted by Crippen LogP contribution is -2.34. The summed E-state index contributed by atoms with van der Waals surface area (Å²) in [4.78, 5) is 28.8. The Bertz CT molecular complexity index is 1200. The van der Waals surface area contributed by atoms with E-state index in [-0.39, 0.29) is 23.6 Å². The van der Waals surface area contributed by atoms with Crippen molar-refractivity contribution in [2.75, 3.05) is 40.0 Å². The molecular formula is C21H24N8O3. The van der Waals surface area contributed by atoms with Gasteiger partial charge in [0.1, 0.15) is 5.75 Å². The van der Waals surface area contributed by atoms with Gasteiger partial charge in [-0.05, 0) is 43.9 Å². The normalized spacial score (nSPS) is 11.2. The molecule has 32 heavy (non-hydrogen) atoms. The van der Waals surface area contributed by atoms with E-state index < -0.39 is 0 Å². The first kappa shape index (κ1) is 21.2. The molecule has 0 bridgehead atoms. The van der Waals surface area contributed by atoms with E-state index >= 15 is 0 Å². The molecule has 0 aliphatic carbocycles. The van der Waals surface area contributed by atoms with Gasteiger partial charge < -0.3 is 24.7 Å². The maximum absolute atomic E-state index is 12.4. The van der Waals surface area contributed by atoms with E-state index in [1.807, 2.05) is 38.2 Å². The van der Waals surface area contributed by atoms with Crippen molar-refractivity contribution in [1.29, 1.82) is 0 Å². The molecule has 166 valence electrons. The van der Waals surface area contributed by atoms with Gasteiger partial charge in [0.2, 0.25) is 17.7 Å². The molecule has 3 heterocycles. The zero-order valence-corrected chi connectivity index (χ0v) is 18.1. The van der Waals surface area contributed by atoms with Crippen LogP contribution in [0.5, 0.6) is 11.8 Å². The number of hydrogen-bond donors (Lipinski definition) is 1. The SMILES string of the molecule is CN(C)CCN(C)C(=O)Cc1ccc(Oc2nc(N)n3nc(-c4ccco4)nc3n2)cc1. The number of fused-ring (bicyclic) bond motifs is 1. The van der Waals surface area contributed by atoms with Crippen molar-refractivity contribution >= 4 is 17.6 Å². The van der Waals surface area contributed by atoms with Crippen molar-refractivity contribution in [1.82, 2.24) is 34.4 Å². The maximum atomic E-state index is 12.4. The average molecular weight is 436 g/mol. The van der Waals surface area contributed by atoms with E-state index in [2.05, 4.69) is 20.1 Å². The number of benzene rings is 1. The fourth-order valence-corrected chi connectivity index (χ4v) is 2.91. The Morgan fingerprint density at radius 3 is 2.56 bits per heavy atom. The standard InChI is InChI=1S/C21H24N8O3/c1-27(2)10-11-28(3)17(30)13-14-6-8-15(9-7-14)32-21-24-19(22)29-20(25-21)23-18(26-29)16-5-4-12-31-16/h4-9,12H,10-11,13H2,1-3H3,(H2,22,23,24,25,26). The van der Waals surface area contributed by atoms with E-state index in [1.54, 1.807) is 29.2 Å². The number of nitrogen functional groups attached to an aromatic ring is 1. The van der Waals surface area contributed by atoms with Gasteiger partial charge in [0.25, 0.3) is 5.78 Å². The number of hydrogen-bond acceptors (Lipinski definition) is 9. The summed E-state index contributed by atoms with van der Waals surface area (Å²) in [5, 5.41) is 4.25. The number of rotatable bonds is 8. The number of furan rings is 1. The van der Waals surface area contributed by atoms with E-state index in [0.717, 1.165) is 12.1 Å². The molecule has 0 saturated carbocycles. The van der Waals surface area contributed by atoms with Gasteiger partial charge >= 0.3 is 6.01 Å². The molecular weight excluding hydrogens is 412 g/mol. The molecule has 2 N–H and O–H groups in total. The predicted octanol–water partition coefficient (Wildman–Crippen LogP) is 1.72. The topological polar surface area (TPSA) is 128 Å². The first-order valence-electron chi connectivity index (χ1n) is 9.98. The number of likely N-dealkylation sites (N-methyl/N-ethyl adjacent to an activating group) is 2. The first-order valence-corrected chi connectivity index (χ1v) is 9.98. The molecule has 0 unspecified atom stereocenters. The van der Waals surface area contributed by atoms with Crippen LogP contribution in [0.15, 0.2) is 47.1 Å². The summed E-state index contributed by atoms with van der Waals surface area (Å²) in [5.74, 6) is 1.73. The van der Waals surface area contributed by atoms with Gasteiger partial charge in [0.05, 0.1) is 12.7 Å². The summed E-state index contributed by atoms with van der Waals surface area (Å²) < 4.78 is 12.3. The molecule has 0 atom stereocenters. The number of nitrogens with zero attached hydrogens (tertiary/aromatic N) is 7. The summed E-state index contributed by atoms with van der Waals surface area (Å²) in [7, 11) is 5.77. The number of nitrogens with two attached hydrogens (primary N) is 1. The minimum absolute atomic E-state index is 0.0423. The third kappa shape index (κ3) is 4.83. The molecule has 11 heteroatoms. The molecule has 4 aromatic rings. The van der Waals surface area contributed by atoms with E-state index in [4.69, 9.17) is 14.9 Å². The van der Waals surface area contributed by atoms with Crippen LogP contribution in [-0.4, -0.2) is 74.5 Å². The van der Waals surface area contributed by atoms with Crippen molar-refractivity contribution in [3.63, 3.8) is 0 Å². The summed E-state index contributed by atoms with van der Waals surface area (Å²) in [6, 6.07) is 10.7. The fourth-order valence-electron chi connectivity index (χ4n) is 2.91. The molecule has 0 fully saturated rings. The van der Waals surface area contributed by atoms with Crippen LogP contribution in [0.1, 0.15) is 5.56 Å². The molecule has 0 spiro atoms. The van der Waals surface area contributed by atoms with Crippen LogP contribution in [0.3, 0.4) is 0 Å². The fraction of sp³-hybridized carbons (Fsp3) is 0.286. The van der Waals surface area contributed by atoms with Crippen LogP contribution in [-0.2, 0) is 11.2 Å². The Morgan fingerprint density at radius 1 is 1.09 bits per heavy atom. The second kappa shape index (κ2) is 9.02. The number of amides is 1. The summed E-state index contributed by atoms with van der Waals surface area (Å²) in [5.41, 5.74) is 6.87. The van der Waals surface area contributed by atoms with Crippen LogP contribution < -0.4 is 10.5 Å². The molecule has 4 rings (SSSR count). The van der Waals surface area contributed by atoms with Gasteiger partial charge in [-0.25, -0.2) is 0 Å². The highest BCUT2D eigenvalue weighted by atomic mass is 16.5. The number of ether oxygens (including phenoxy) is 1. The second-order valence-corrected chi connectivity index (χ2v) is 7.53. The molecule has 0 saturated heterocycles. The lowest BCUT2D eigenvalue weighted by atomic mass is 10.1. The van der Waals surface area contributed by atoms with Crippen molar-refractivity contribution in [2.45, 2.75) is 6.42 Å². The molecule has 1 aromatic carbocycles. The number of anilines is 1. The van der Waals surface area contributed by atoms with Crippen LogP contribution in [0.4, 0.5) is 5.95 Å². The van der Waals surface area contributed by atoms with E-state index in [1.165, 1.54) is 10.8 Å². The van der Waals surface area contributed by atoms with Crippen LogP contribution in [0.25, 0.3) is 17.4 Å². The van der Waals surface area contributed by atoms with Gasteiger partial charge in [-0.1, -0.05) is 12.1 Å². The third-order valence-electron chi connectivity index (χ3n) is 4.75. The third-order valence-corrected chi connectivity index (χ3v) is 4.75. The lowest BCUT2D eigenvalue weighted by Gasteiger charge is -2.19. The predicted molar refractivity (Wildman–Crippen MR) is 117 cm³/mol. The minimum atomic E-state index is 0.0423. The van der Waals surface area contributed by atoms with Gasteiger partial charge in [-0.2, -0.15) is 19.5 Å². The Hall–Kier alpha value is -3.99. The number of carbonyl (C=O) groups excluding carboxylic acids is 1. The molecule has 1 amide bonds. The average Bonchev–Trinajstić information content (AvgIpc) is 3.43. The van der Waals surface area contributed by atoms with Crippen molar-refractivity contribution in [3.05, 3.63) is 48.2 Å². The quantitative estimate of drug-likeness (QED) is 0.439. The monoisotopic (exact) mass is 436 g/mol. The Kier molecular flexibility index (Phi) is 5.99. The first-order chi connectivity index (χ1) is 15.4. The highest BCUT2D eigenvalue weighted by molar-refractivity contribution is 5.78. The summed E-state index contributed by atoms with van der Waals surface area (Å²) >= 11 is 0. The Labute approximate surface area is 184 Å². The minimum Gasteiger partial charge on any atom is -0.461 e. The molecule has 0 radical (unpaired) electrons. The van der Waals surface area contributed by atoms with Crippen LogP contribution >= 0.6 is 0 Å². The van der Waals surface area contributed by atoms with E-state index in [9.17, 15) is 4.79 Å². The van der Waals surface area contributed by atoms with Crippen molar-refractivity contribution < 1.29 is 13.9 Å².